The number of anilines is 1. The van der Waals surface area contributed by atoms with Crippen LogP contribution in [0, 0.1) is 5.92 Å². The van der Waals surface area contributed by atoms with Crippen LogP contribution in [0.4, 0.5) is 5.82 Å². The largest absolute Gasteiger partial charge is 0.307 e. The van der Waals surface area contributed by atoms with Gasteiger partial charge in [0.2, 0.25) is 0 Å². The molecule has 2 aromatic rings. The lowest BCUT2D eigenvalue weighted by Gasteiger charge is -2.15. The lowest BCUT2D eigenvalue weighted by atomic mass is 10.2. The number of nitrogens with two attached hydrogens (primary N) is 1. The van der Waals surface area contributed by atoms with Crippen molar-refractivity contribution in [2.75, 3.05) is 5.43 Å². The van der Waals surface area contributed by atoms with Crippen LogP contribution < -0.4 is 11.3 Å². The van der Waals surface area contributed by atoms with Crippen LogP contribution in [0.15, 0.2) is 23.6 Å². The van der Waals surface area contributed by atoms with E-state index < -0.39 is 0 Å². The summed E-state index contributed by atoms with van der Waals surface area (Å²) < 4.78 is 1.93. The molecule has 0 aliphatic heterocycles. The molecule has 5 nitrogen and oxygen atoms in total. The number of hydrogen-bond acceptors (Lipinski definition) is 5. The number of rotatable bonds is 4. The quantitative estimate of drug-likeness (QED) is 0.495. The minimum absolute atomic E-state index is 0.482. The van der Waals surface area contributed by atoms with Crippen LogP contribution >= 0.6 is 11.8 Å². The zero-order valence-corrected chi connectivity index (χ0v) is 11.0. The summed E-state index contributed by atoms with van der Waals surface area (Å²) in [4.78, 5) is 8.77. The molecule has 0 amide bonds. The number of hydrogen-bond donors (Lipinski definition) is 2. The maximum atomic E-state index is 5.41. The lowest BCUT2D eigenvalue weighted by molar-refractivity contribution is 0.641. The van der Waals surface area contributed by atoms with Gasteiger partial charge in [-0.25, -0.2) is 15.8 Å². The van der Waals surface area contributed by atoms with Crippen LogP contribution in [0.5, 0.6) is 0 Å². The van der Waals surface area contributed by atoms with E-state index in [4.69, 9.17) is 5.84 Å². The van der Waals surface area contributed by atoms with E-state index in [1.807, 2.05) is 16.8 Å². The Labute approximate surface area is 105 Å². The predicted octanol–water partition coefficient (Wildman–Crippen LogP) is 2.15. The first-order chi connectivity index (χ1) is 8.11. The molecule has 0 bridgehead atoms. The van der Waals surface area contributed by atoms with Crippen LogP contribution in [-0.4, -0.2) is 19.6 Å². The van der Waals surface area contributed by atoms with Crippen molar-refractivity contribution in [3.63, 3.8) is 0 Å². The zero-order valence-electron chi connectivity index (χ0n) is 10.2. The molecule has 0 spiro atoms. The van der Waals surface area contributed by atoms with Gasteiger partial charge in [-0.15, -0.1) is 0 Å². The van der Waals surface area contributed by atoms with Crippen molar-refractivity contribution in [2.24, 2.45) is 11.8 Å². The highest BCUT2D eigenvalue weighted by molar-refractivity contribution is 8.00. The van der Waals surface area contributed by atoms with E-state index in [0.29, 0.717) is 17.0 Å². The van der Waals surface area contributed by atoms with Crippen molar-refractivity contribution >= 4 is 23.2 Å². The van der Waals surface area contributed by atoms with Crippen molar-refractivity contribution in [1.29, 1.82) is 0 Å². The highest BCUT2D eigenvalue weighted by atomic mass is 32.2. The van der Waals surface area contributed by atoms with Gasteiger partial charge in [0.25, 0.3) is 0 Å². The number of thioether (sulfide) groups is 1. The maximum absolute atomic E-state index is 5.41. The first-order valence-electron chi connectivity index (χ1n) is 5.58. The Morgan fingerprint density at radius 2 is 2.18 bits per heavy atom. The standard InChI is InChI=1S/C11H17N5S/c1-7(2)8(3)17-11-10-13-4-5-16(10)6-9(14-11)15-12/h4-8,15H,12H2,1-3H3. The fraction of sp³-hybridized carbons (Fsp3) is 0.455. The van der Waals surface area contributed by atoms with Crippen molar-refractivity contribution in [3.05, 3.63) is 18.6 Å². The van der Waals surface area contributed by atoms with Gasteiger partial charge in [0.05, 0.1) is 6.20 Å². The second-order valence-electron chi connectivity index (χ2n) is 4.30. The summed E-state index contributed by atoms with van der Waals surface area (Å²) in [7, 11) is 0. The molecule has 0 fully saturated rings. The minimum atomic E-state index is 0.482. The molecular weight excluding hydrogens is 234 g/mol. The maximum Gasteiger partial charge on any atom is 0.169 e. The molecule has 92 valence electrons. The molecule has 0 aliphatic carbocycles. The van der Waals surface area contributed by atoms with Crippen molar-refractivity contribution in [2.45, 2.75) is 31.0 Å². The van der Waals surface area contributed by atoms with Gasteiger partial charge in [-0.1, -0.05) is 32.5 Å². The SMILES string of the molecule is CC(C)C(C)Sc1nc(NN)cn2ccnc12. The third kappa shape index (κ3) is 2.53. The third-order valence-corrected chi connectivity index (χ3v) is 4.14. The van der Waals surface area contributed by atoms with E-state index in [1.165, 1.54) is 0 Å². The van der Waals surface area contributed by atoms with Gasteiger partial charge in [0, 0.05) is 17.6 Å². The van der Waals surface area contributed by atoms with Gasteiger partial charge in [-0.3, -0.25) is 0 Å². The normalized spacial score (nSPS) is 13.2. The molecule has 2 rings (SSSR count). The summed E-state index contributed by atoms with van der Waals surface area (Å²) in [5.41, 5.74) is 3.46. The van der Waals surface area contributed by atoms with E-state index in [1.54, 1.807) is 18.0 Å². The molecule has 2 heterocycles. The Bertz CT molecular complexity index is 508. The number of nitrogens with zero attached hydrogens (tertiary/aromatic N) is 3. The first kappa shape index (κ1) is 12.2. The molecule has 0 radical (unpaired) electrons. The monoisotopic (exact) mass is 251 g/mol. The van der Waals surface area contributed by atoms with Crippen LogP contribution in [0.3, 0.4) is 0 Å². The van der Waals surface area contributed by atoms with Crippen LogP contribution in [0.25, 0.3) is 5.65 Å². The molecule has 0 saturated heterocycles. The first-order valence-corrected chi connectivity index (χ1v) is 6.46. The number of fused-ring (bicyclic) bond motifs is 1. The van der Waals surface area contributed by atoms with Gasteiger partial charge in [-0.2, -0.15) is 0 Å². The average Bonchev–Trinajstić information content (AvgIpc) is 2.76. The molecule has 0 aliphatic rings. The number of nitrogens with one attached hydrogen (secondary N) is 1. The predicted molar refractivity (Wildman–Crippen MR) is 71.0 cm³/mol. The minimum Gasteiger partial charge on any atom is -0.307 e. The molecular formula is C11H17N5S. The van der Waals surface area contributed by atoms with Gasteiger partial charge in [0.1, 0.15) is 5.03 Å². The van der Waals surface area contributed by atoms with E-state index >= 15 is 0 Å². The Kier molecular flexibility index (Phi) is 3.54. The summed E-state index contributed by atoms with van der Waals surface area (Å²) >= 11 is 1.73. The second kappa shape index (κ2) is 4.93. The number of aromatic nitrogens is 3. The van der Waals surface area contributed by atoms with Gasteiger partial charge >= 0.3 is 0 Å². The summed E-state index contributed by atoms with van der Waals surface area (Å²) in [6.45, 7) is 6.59. The molecule has 1 unspecified atom stereocenters. The van der Waals surface area contributed by atoms with Crippen LogP contribution in [0.2, 0.25) is 0 Å². The molecule has 0 aromatic carbocycles. The van der Waals surface area contributed by atoms with Gasteiger partial charge in [-0.05, 0) is 5.92 Å². The van der Waals surface area contributed by atoms with E-state index in [-0.39, 0.29) is 0 Å². The summed E-state index contributed by atoms with van der Waals surface area (Å²) in [6, 6.07) is 0. The summed E-state index contributed by atoms with van der Waals surface area (Å²) in [5, 5.41) is 1.39. The Morgan fingerprint density at radius 1 is 1.41 bits per heavy atom. The van der Waals surface area contributed by atoms with Crippen LogP contribution in [-0.2, 0) is 0 Å². The average molecular weight is 251 g/mol. The lowest BCUT2D eigenvalue weighted by Crippen LogP contribution is -2.11. The van der Waals surface area contributed by atoms with Gasteiger partial charge < -0.3 is 9.83 Å². The molecule has 1 atom stereocenters. The molecule has 6 heteroatoms. The Hall–Kier alpha value is -1.27. The van der Waals surface area contributed by atoms with E-state index in [9.17, 15) is 0 Å². The van der Waals surface area contributed by atoms with Crippen molar-refractivity contribution < 1.29 is 0 Å². The van der Waals surface area contributed by atoms with E-state index in [2.05, 4.69) is 36.2 Å². The Morgan fingerprint density at radius 3 is 2.82 bits per heavy atom. The van der Waals surface area contributed by atoms with Crippen molar-refractivity contribution in [1.82, 2.24) is 14.4 Å². The van der Waals surface area contributed by atoms with Gasteiger partial charge in [0.15, 0.2) is 11.5 Å². The molecule has 0 saturated carbocycles. The number of imidazole rings is 1. The zero-order chi connectivity index (χ0) is 12.4. The van der Waals surface area contributed by atoms with Crippen LogP contribution in [0.1, 0.15) is 20.8 Å². The number of hydrazine groups is 1. The number of nitrogen functional groups attached to an aromatic ring is 1. The topological polar surface area (TPSA) is 68.2 Å². The Balaban J connectivity index is 2.40. The molecule has 17 heavy (non-hydrogen) atoms. The molecule has 2 aromatic heterocycles. The molecule has 3 N–H and O–H groups in total. The summed E-state index contributed by atoms with van der Waals surface area (Å²) in [6.07, 6.45) is 5.48. The van der Waals surface area contributed by atoms with Crippen molar-refractivity contribution in [3.8, 4) is 0 Å². The smallest absolute Gasteiger partial charge is 0.169 e. The second-order valence-corrected chi connectivity index (χ2v) is 5.67. The highest BCUT2D eigenvalue weighted by Gasteiger charge is 2.14. The van der Waals surface area contributed by atoms with E-state index in [0.717, 1.165) is 10.7 Å². The fourth-order valence-electron chi connectivity index (χ4n) is 1.36. The fourth-order valence-corrected chi connectivity index (χ4v) is 2.40. The third-order valence-electron chi connectivity index (χ3n) is 2.73. The highest BCUT2D eigenvalue weighted by Crippen LogP contribution is 2.29. The summed E-state index contributed by atoms with van der Waals surface area (Å²) in [5.74, 6) is 6.65.